The van der Waals surface area contributed by atoms with Crippen molar-refractivity contribution in [3.63, 3.8) is 0 Å². The van der Waals surface area contributed by atoms with Crippen LogP contribution in [-0.2, 0) is 55.8 Å². The molecule has 5 unspecified atom stereocenters. The maximum absolute atomic E-state index is 12.9. The Bertz CT molecular complexity index is 1940. The van der Waals surface area contributed by atoms with Crippen molar-refractivity contribution >= 4 is 33.6 Å². The van der Waals surface area contributed by atoms with E-state index in [4.69, 9.17) is 32.3 Å². The number of carbonyl (C=O) groups is 3. The van der Waals surface area contributed by atoms with Gasteiger partial charge in [-0.3, -0.25) is 32.5 Å². The van der Waals surface area contributed by atoms with Crippen molar-refractivity contribution in [1.29, 1.82) is 0 Å². The molecule has 0 aliphatic heterocycles. The molecule has 4 N–H and O–H groups in total. The van der Waals surface area contributed by atoms with Crippen LogP contribution in [0.4, 0.5) is 0 Å². The van der Waals surface area contributed by atoms with Crippen LogP contribution in [0.2, 0.25) is 0 Å². The molecule has 0 aromatic carbocycles. The van der Waals surface area contributed by atoms with Crippen molar-refractivity contribution in [1.82, 2.24) is 0 Å². The predicted octanol–water partition coefficient (Wildman–Crippen LogP) is 17.5. The summed E-state index contributed by atoms with van der Waals surface area (Å²) in [5.41, 5.74) is 0. The molecule has 0 aliphatic carbocycles. The highest BCUT2D eigenvalue weighted by molar-refractivity contribution is 7.47. The summed E-state index contributed by atoms with van der Waals surface area (Å²) in [6.07, 6.45) is 64.6. The van der Waals surface area contributed by atoms with Crippen LogP contribution in [0.5, 0.6) is 0 Å². The van der Waals surface area contributed by atoms with Crippen molar-refractivity contribution in [2.24, 2.45) is 0 Å². The van der Waals surface area contributed by atoms with Crippen LogP contribution >= 0.6 is 15.6 Å². The average molecular weight is 1240 g/mol. The van der Waals surface area contributed by atoms with Gasteiger partial charge in [0.1, 0.15) is 25.4 Å². The van der Waals surface area contributed by atoms with Crippen LogP contribution in [0.15, 0.2) is 97.2 Å². The maximum atomic E-state index is 12.9. The highest BCUT2D eigenvalue weighted by Gasteiger charge is 2.29. The third kappa shape index (κ3) is 61.9. The number of ether oxygens (including phenoxy) is 3. The summed E-state index contributed by atoms with van der Waals surface area (Å²) in [6.45, 7) is 2.38. The van der Waals surface area contributed by atoms with E-state index in [9.17, 15) is 43.5 Å². The lowest BCUT2D eigenvalue weighted by Gasteiger charge is -2.21. The molecule has 0 aromatic rings. The molecule has 0 radical (unpaired) electrons. The normalized spacial score (nSPS) is 15.0. The van der Waals surface area contributed by atoms with Crippen LogP contribution in [0.3, 0.4) is 0 Å². The van der Waals surface area contributed by atoms with Crippen LogP contribution in [0.1, 0.15) is 252 Å². The highest BCUT2D eigenvalue weighted by Crippen LogP contribution is 2.45. The van der Waals surface area contributed by atoms with E-state index in [0.717, 1.165) is 154 Å². The fourth-order valence-electron chi connectivity index (χ4n) is 8.33. The van der Waals surface area contributed by atoms with E-state index >= 15 is 0 Å². The molecule has 490 valence electrons. The molecule has 0 spiro atoms. The van der Waals surface area contributed by atoms with Gasteiger partial charge in [0.25, 0.3) is 0 Å². The number of carbonyl (C=O) groups excluding carboxylic acids is 3. The van der Waals surface area contributed by atoms with Gasteiger partial charge in [-0.25, -0.2) is 9.13 Å². The number of aliphatic hydroxyl groups is 2. The summed E-state index contributed by atoms with van der Waals surface area (Å²) in [5, 5.41) is 20.5. The monoisotopic (exact) mass is 1240 g/mol. The van der Waals surface area contributed by atoms with E-state index in [1.807, 2.05) is 0 Å². The van der Waals surface area contributed by atoms with Gasteiger partial charge >= 0.3 is 33.6 Å². The summed E-state index contributed by atoms with van der Waals surface area (Å²) >= 11 is 0. The van der Waals surface area contributed by atoms with Gasteiger partial charge in [0, 0.05) is 19.3 Å². The lowest BCUT2D eigenvalue weighted by atomic mass is 10.1. The van der Waals surface area contributed by atoms with E-state index in [0.29, 0.717) is 19.3 Å². The van der Waals surface area contributed by atoms with E-state index in [1.165, 1.54) is 38.5 Å². The summed E-state index contributed by atoms with van der Waals surface area (Å²) in [6, 6.07) is 0. The van der Waals surface area contributed by atoms with Crippen molar-refractivity contribution in [3.05, 3.63) is 97.2 Å². The molecular weight excluding hydrogens is 1120 g/mol. The van der Waals surface area contributed by atoms with Crippen LogP contribution in [0.25, 0.3) is 0 Å². The number of phosphoric ester groups is 2. The predicted molar refractivity (Wildman–Crippen MR) is 344 cm³/mol. The maximum Gasteiger partial charge on any atom is 0.472 e. The number of hydrogen-bond donors (Lipinski definition) is 4. The van der Waals surface area contributed by atoms with Crippen LogP contribution in [-0.4, -0.2) is 95.9 Å². The zero-order valence-corrected chi connectivity index (χ0v) is 54.5. The molecule has 18 heteroatoms. The average Bonchev–Trinajstić information content (AvgIpc) is 3.48. The van der Waals surface area contributed by atoms with Gasteiger partial charge in [-0.05, 0) is 116 Å². The highest BCUT2D eigenvalue weighted by atomic mass is 31.2. The second-order valence-electron chi connectivity index (χ2n) is 21.5. The summed E-state index contributed by atoms with van der Waals surface area (Å²) in [7, 11) is -9.78. The molecule has 5 atom stereocenters. The molecule has 0 saturated heterocycles. The number of esters is 3. The number of rotatable bonds is 61. The van der Waals surface area contributed by atoms with Gasteiger partial charge in [0.2, 0.25) is 0 Å². The minimum Gasteiger partial charge on any atom is -0.463 e. The van der Waals surface area contributed by atoms with E-state index in [-0.39, 0.29) is 19.3 Å². The Labute approximate surface area is 514 Å². The molecule has 0 fully saturated rings. The number of aliphatic hydroxyl groups excluding tert-OH is 2. The van der Waals surface area contributed by atoms with Gasteiger partial charge in [0.15, 0.2) is 6.10 Å². The minimum atomic E-state index is -4.93. The lowest BCUT2D eigenvalue weighted by molar-refractivity contribution is -0.161. The van der Waals surface area contributed by atoms with Crippen molar-refractivity contribution < 1.29 is 75.8 Å². The fraction of sp³-hybridized carbons (Fsp3) is 0.716. The molecule has 0 amide bonds. The number of allylic oxidation sites excluding steroid dienone is 16. The van der Waals surface area contributed by atoms with E-state index in [2.05, 4.69) is 118 Å². The van der Waals surface area contributed by atoms with Gasteiger partial charge in [-0.2, -0.15) is 0 Å². The number of unbranched alkanes of at least 4 members (excludes halogenated alkanes) is 22. The molecule has 16 nitrogen and oxygen atoms in total. The lowest BCUT2D eigenvalue weighted by Crippen LogP contribution is -2.30. The molecule has 0 bridgehead atoms. The van der Waals surface area contributed by atoms with E-state index in [1.54, 1.807) is 0 Å². The first-order chi connectivity index (χ1) is 41.2. The molecule has 85 heavy (non-hydrogen) atoms. The first kappa shape index (κ1) is 81.5. The SMILES string of the molecule is CC/C=C\C/C=C\C/C=C\C/C=C\CCCCCCC(=O)OCC(O)COP(=O)(O)OCC(O)COP(=O)(O)OCC(COC(=O)CCCCCCCCC/C=C\C/C=C\C/C=C\CC)OC(=O)CCCCCCC/C=C\CCCCCCCC. The Kier molecular flexibility index (Phi) is 58.2. The Morgan fingerprint density at radius 1 is 0.341 bits per heavy atom. The molecule has 0 heterocycles. The Balaban J connectivity index is 4.73. The summed E-state index contributed by atoms with van der Waals surface area (Å²) in [5.74, 6) is -1.62. The molecule has 0 aliphatic rings. The largest absolute Gasteiger partial charge is 0.472 e. The van der Waals surface area contributed by atoms with Crippen LogP contribution in [0, 0.1) is 0 Å². The Hall–Kier alpha value is -3.53. The molecular formula is C67H116O16P2. The number of phosphoric acid groups is 2. The topological polar surface area (TPSA) is 231 Å². The zero-order valence-electron chi connectivity index (χ0n) is 52.8. The van der Waals surface area contributed by atoms with Crippen molar-refractivity contribution in [2.45, 2.75) is 270 Å². The quantitative estimate of drug-likeness (QED) is 0.0146. The van der Waals surface area contributed by atoms with E-state index < -0.39 is 91.5 Å². The third-order valence-corrected chi connectivity index (χ3v) is 15.2. The summed E-state index contributed by atoms with van der Waals surface area (Å²) in [4.78, 5) is 58.3. The zero-order chi connectivity index (χ0) is 62.4. The second-order valence-corrected chi connectivity index (χ2v) is 24.4. The minimum absolute atomic E-state index is 0.0912. The fourth-order valence-corrected chi connectivity index (χ4v) is 9.92. The van der Waals surface area contributed by atoms with Gasteiger partial charge in [-0.15, -0.1) is 0 Å². The van der Waals surface area contributed by atoms with Gasteiger partial charge in [0.05, 0.1) is 26.4 Å². The third-order valence-electron chi connectivity index (χ3n) is 13.3. The standard InChI is InChI=1S/C67H116O16P2/c1-4-7-10-13-16-19-22-25-28-30-33-35-38-41-44-47-50-53-65(70)77-56-62(68)57-79-84(73,74)80-58-63(69)59-81-85(75,76)82-61-64(83-67(72)55-52-49-46-43-40-37-32-27-24-21-18-15-12-9-6-3)60-78-66(71)54-51-48-45-42-39-36-34-31-29-26-23-20-17-14-11-8-5-2/h7-8,10-11,16-17,19-20,25-29,32-33,35,62-64,68-69H,4-6,9,12-15,18,21-24,30-31,34,36-61H2,1-3H3,(H,73,74)(H,75,76)/b10-7-,11-8-,19-16-,20-17-,28-25-,29-26-,32-27-,35-33-. The Morgan fingerprint density at radius 3 is 1.00 bits per heavy atom. The van der Waals surface area contributed by atoms with Gasteiger partial charge < -0.3 is 34.2 Å². The summed E-state index contributed by atoms with van der Waals surface area (Å²) < 4.78 is 60.8. The van der Waals surface area contributed by atoms with Crippen molar-refractivity contribution in [3.8, 4) is 0 Å². The first-order valence-electron chi connectivity index (χ1n) is 32.5. The van der Waals surface area contributed by atoms with Crippen molar-refractivity contribution in [2.75, 3.05) is 39.6 Å². The van der Waals surface area contributed by atoms with Crippen LogP contribution < -0.4 is 0 Å². The molecule has 0 saturated carbocycles. The molecule has 0 aromatic heterocycles. The number of hydrogen-bond acceptors (Lipinski definition) is 14. The first-order valence-corrected chi connectivity index (χ1v) is 35.5. The second kappa shape index (κ2) is 60.7. The Morgan fingerprint density at radius 2 is 0.624 bits per heavy atom. The smallest absolute Gasteiger partial charge is 0.463 e. The van der Waals surface area contributed by atoms with Gasteiger partial charge in [-0.1, -0.05) is 214 Å². The molecule has 0 rings (SSSR count).